The molecule has 0 saturated heterocycles. The fourth-order valence-electron chi connectivity index (χ4n) is 2.34. The predicted molar refractivity (Wildman–Crippen MR) is 107 cm³/mol. The van der Waals surface area contributed by atoms with Gasteiger partial charge < -0.3 is 4.74 Å². The quantitative estimate of drug-likeness (QED) is 0.615. The van der Waals surface area contributed by atoms with Crippen LogP contribution in [0.25, 0.3) is 11.3 Å². The number of nitrogens with zero attached hydrogens (tertiary/aromatic N) is 1. The van der Waals surface area contributed by atoms with Gasteiger partial charge in [0, 0.05) is 16.0 Å². The molecule has 1 N–H and O–H groups in total. The van der Waals surface area contributed by atoms with E-state index in [1.54, 1.807) is 24.3 Å². The number of anilines is 1. The Morgan fingerprint density at radius 1 is 1.15 bits per heavy atom. The monoisotopic (exact) mass is 400 g/mol. The van der Waals surface area contributed by atoms with E-state index in [9.17, 15) is 9.59 Å². The molecule has 2 aromatic carbocycles. The van der Waals surface area contributed by atoms with Gasteiger partial charge in [0.1, 0.15) is 0 Å². The second kappa shape index (κ2) is 8.79. The van der Waals surface area contributed by atoms with Crippen molar-refractivity contribution in [1.29, 1.82) is 0 Å². The molecule has 0 radical (unpaired) electrons. The van der Waals surface area contributed by atoms with Crippen molar-refractivity contribution in [1.82, 2.24) is 4.98 Å². The molecule has 138 valence electrons. The van der Waals surface area contributed by atoms with Gasteiger partial charge in [-0.2, -0.15) is 0 Å². The Balaban J connectivity index is 1.54. The van der Waals surface area contributed by atoms with Crippen LogP contribution < -0.4 is 5.32 Å². The van der Waals surface area contributed by atoms with Crippen LogP contribution >= 0.6 is 22.9 Å². The lowest BCUT2D eigenvalue weighted by molar-refractivity contribution is -0.152. The Hall–Kier alpha value is -2.70. The zero-order valence-corrected chi connectivity index (χ0v) is 16.1. The van der Waals surface area contributed by atoms with Crippen molar-refractivity contribution in [2.45, 2.75) is 19.4 Å². The molecule has 7 heteroatoms. The van der Waals surface area contributed by atoms with Crippen LogP contribution in [-0.4, -0.2) is 23.0 Å². The molecule has 1 atom stereocenters. The first-order chi connectivity index (χ1) is 13.0. The van der Waals surface area contributed by atoms with Gasteiger partial charge in [-0.1, -0.05) is 54.1 Å². The molecule has 0 saturated carbocycles. The molecule has 1 unspecified atom stereocenters. The highest BCUT2D eigenvalue weighted by atomic mass is 35.5. The Bertz CT molecular complexity index is 926. The highest BCUT2D eigenvalue weighted by molar-refractivity contribution is 7.14. The molecular weight excluding hydrogens is 384 g/mol. The van der Waals surface area contributed by atoms with E-state index in [1.807, 2.05) is 35.7 Å². The van der Waals surface area contributed by atoms with Crippen LogP contribution in [0.3, 0.4) is 0 Å². The summed E-state index contributed by atoms with van der Waals surface area (Å²) >= 11 is 7.13. The number of esters is 1. The van der Waals surface area contributed by atoms with Gasteiger partial charge in [-0.15, -0.1) is 11.3 Å². The number of rotatable bonds is 6. The number of aromatic nitrogens is 1. The molecule has 1 heterocycles. The predicted octanol–water partition coefficient (Wildman–Crippen LogP) is 4.58. The van der Waals surface area contributed by atoms with Crippen LogP contribution in [0.1, 0.15) is 12.5 Å². The van der Waals surface area contributed by atoms with Crippen LogP contribution in [0.15, 0.2) is 60.0 Å². The summed E-state index contributed by atoms with van der Waals surface area (Å²) in [7, 11) is 0. The third kappa shape index (κ3) is 5.39. The number of amides is 1. The smallest absolute Gasteiger partial charge is 0.311 e. The largest absolute Gasteiger partial charge is 0.452 e. The number of thiazole rings is 1. The van der Waals surface area contributed by atoms with Crippen LogP contribution in [-0.2, 0) is 20.7 Å². The number of ether oxygens (including phenoxy) is 1. The van der Waals surface area contributed by atoms with Gasteiger partial charge in [-0.3, -0.25) is 14.9 Å². The van der Waals surface area contributed by atoms with Crippen LogP contribution in [0.2, 0.25) is 5.02 Å². The summed E-state index contributed by atoms with van der Waals surface area (Å²) < 4.78 is 5.20. The summed E-state index contributed by atoms with van der Waals surface area (Å²) in [6.45, 7) is 1.53. The summed E-state index contributed by atoms with van der Waals surface area (Å²) in [5.74, 6) is -0.905. The van der Waals surface area contributed by atoms with E-state index in [-0.39, 0.29) is 6.42 Å². The topological polar surface area (TPSA) is 68.3 Å². The molecule has 0 spiro atoms. The lowest BCUT2D eigenvalue weighted by atomic mass is 10.1. The number of benzene rings is 2. The third-order valence-corrected chi connectivity index (χ3v) is 4.75. The van der Waals surface area contributed by atoms with Gasteiger partial charge >= 0.3 is 5.97 Å². The normalized spacial score (nSPS) is 11.6. The van der Waals surface area contributed by atoms with Gasteiger partial charge in [0.05, 0.1) is 12.1 Å². The first-order valence-corrected chi connectivity index (χ1v) is 9.53. The van der Waals surface area contributed by atoms with Crippen LogP contribution in [0.4, 0.5) is 5.13 Å². The van der Waals surface area contributed by atoms with Gasteiger partial charge in [0.2, 0.25) is 0 Å². The Labute approximate surface area is 166 Å². The van der Waals surface area contributed by atoms with E-state index in [0.29, 0.717) is 10.2 Å². The van der Waals surface area contributed by atoms with Crippen molar-refractivity contribution in [3.05, 3.63) is 70.6 Å². The van der Waals surface area contributed by atoms with Crippen molar-refractivity contribution in [2.75, 3.05) is 5.32 Å². The molecule has 0 aliphatic carbocycles. The Morgan fingerprint density at radius 3 is 2.56 bits per heavy atom. The van der Waals surface area contributed by atoms with E-state index >= 15 is 0 Å². The summed E-state index contributed by atoms with van der Waals surface area (Å²) in [5, 5.41) is 5.60. The van der Waals surface area contributed by atoms with Crippen molar-refractivity contribution < 1.29 is 14.3 Å². The second-order valence-corrected chi connectivity index (χ2v) is 7.12. The maximum absolute atomic E-state index is 12.3. The molecular formula is C20H17ClN2O3S. The fraction of sp³-hybridized carbons (Fsp3) is 0.150. The summed E-state index contributed by atoms with van der Waals surface area (Å²) in [6.07, 6.45) is -0.849. The average Bonchev–Trinajstić information content (AvgIpc) is 3.12. The SMILES string of the molecule is CC(OC(=O)Cc1ccc(Cl)cc1)C(=O)Nc1nc(-c2ccccc2)cs1. The van der Waals surface area contributed by atoms with Gasteiger partial charge in [-0.05, 0) is 24.6 Å². The molecule has 1 amide bonds. The minimum Gasteiger partial charge on any atom is -0.452 e. The minimum atomic E-state index is -0.922. The fourth-order valence-corrected chi connectivity index (χ4v) is 3.19. The Morgan fingerprint density at radius 2 is 1.85 bits per heavy atom. The van der Waals surface area contributed by atoms with Gasteiger partial charge in [0.15, 0.2) is 11.2 Å². The summed E-state index contributed by atoms with van der Waals surface area (Å²) in [6, 6.07) is 16.6. The zero-order chi connectivity index (χ0) is 19.2. The van der Waals surface area contributed by atoms with Crippen LogP contribution in [0, 0.1) is 0 Å². The van der Waals surface area contributed by atoms with E-state index in [0.717, 1.165) is 16.8 Å². The molecule has 0 bridgehead atoms. The lowest BCUT2D eigenvalue weighted by Crippen LogP contribution is -2.30. The van der Waals surface area contributed by atoms with E-state index in [2.05, 4.69) is 10.3 Å². The maximum atomic E-state index is 12.3. The van der Waals surface area contributed by atoms with E-state index in [1.165, 1.54) is 18.3 Å². The van der Waals surface area contributed by atoms with Gasteiger partial charge in [-0.25, -0.2) is 4.98 Å². The van der Waals surface area contributed by atoms with Crippen LogP contribution in [0.5, 0.6) is 0 Å². The molecule has 1 aromatic heterocycles. The molecule has 27 heavy (non-hydrogen) atoms. The summed E-state index contributed by atoms with van der Waals surface area (Å²) in [4.78, 5) is 28.6. The van der Waals surface area contributed by atoms with Crippen molar-refractivity contribution in [2.24, 2.45) is 0 Å². The standard InChI is InChI=1S/C20H17ClN2O3S/c1-13(26-18(24)11-14-7-9-16(21)10-8-14)19(25)23-20-22-17(12-27-20)15-5-3-2-4-6-15/h2-10,12-13H,11H2,1H3,(H,22,23,25). The first-order valence-electron chi connectivity index (χ1n) is 8.27. The molecule has 3 aromatic rings. The molecule has 3 rings (SSSR count). The number of hydrogen-bond donors (Lipinski definition) is 1. The highest BCUT2D eigenvalue weighted by Gasteiger charge is 2.19. The van der Waals surface area contributed by atoms with E-state index < -0.39 is 18.0 Å². The molecule has 5 nitrogen and oxygen atoms in total. The lowest BCUT2D eigenvalue weighted by Gasteiger charge is -2.12. The zero-order valence-electron chi connectivity index (χ0n) is 14.5. The number of halogens is 1. The van der Waals surface area contributed by atoms with Gasteiger partial charge in [0.25, 0.3) is 5.91 Å². The third-order valence-electron chi connectivity index (χ3n) is 3.74. The Kier molecular flexibility index (Phi) is 6.21. The number of carbonyl (C=O) groups excluding carboxylic acids is 2. The van der Waals surface area contributed by atoms with Crippen molar-refractivity contribution in [3.63, 3.8) is 0 Å². The van der Waals surface area contributed by atoms with Crippen molar-refractivity contribution >= 4 is 39.9 Å². The van der Waals surface area contributed by atoms with E-state index in [4.69, 9.17) is 16.3 Å². The number of hydrogen-bond acceptors (Lipinski definition) is 5. The number of nitrogens with one attached hydrogen (secondary N) is 1. The molecule has 0 aliphatic heterocycles. The highest BCUT2D eigenvalue weighted by Crippen LogP contribution is 2.24. The maximum Gasteiger partial charge on any atom is 0.311 e. The van der Waals surface area contributed by atoms with Crippen molar-refractivity contribution in [3.8, 4) is 11.3 Å². The second-order valence-electron chi connectivity index (χ2n) is 5.83. The first kappa shape index (κ1) is 19.1. The molecule has 0 fully saturated rings. The minimum absolute atomic E-state index is 0.0736. The summed E-state index contributed by atoms with van der Waals surface area (Å²) in [5.41, 5.74) is 2.52. The molecule has 0 aliphatic rings. The average molecular weight is 401 g/mol. The number of carbonyl (C=O) groups is 2.